The predicted molar refractivity (Wildman–Crippen MR) is 94.1 cm³/mol. The number of rotatable bonds is 3. The van der Waals surface area contributed by atoms with Crippen molar-refractivity contribution in [2.24, 2.45) is 0 Å². The molecular weight excluding hydrogens is 308 g/mol. The van der Waals surface area contributed by atoms with Crippen molar-refractivity contribution >= 4 is 22.7 Å². The lowest BCUT2D eigenvalue weighted by Crippen LogP contribution is -1.71. The Kier molecular flexibility index (Phi) is 3.54. The fourth-order valence-corrected chi connectivity index (χ4v) is 4.40. The van der Waals surface area contributed by atoms with Gasteiger partial charge in [0.15, 0.2) is 0 Å². The van der Waals surface area contributed by atoms with E-state index in [0.29, 0.717) is 0 Å². The van der Waals surface area contributed by atoms with Gasteiger partial charge < -0.3 is 0 Å². The first-order valence-electron chi connectivity index (χ1n) is 6.91. The molecule has 0 aliphatic heterocycles. The molecule has 0 atom stereocenters. The smallest absolute Gasteiger partial charge is 0.0449 e. The lowest BCUT2D eigenvalue weighted by molar-refractivity contribution is 1.33. The molecule has 0 saturated heterocycles. The largest absolute Gasteiger partial charge is 0.265 e. The summed E-state index contributed by atoms with van der Waals surface area (Å²) in [5.41, 5.74) is 2.44. The van der Waals surface area contributed by atoms with Gasteiger partial charge in [-0.2, -0.15) is 0 Å². The third-order valence-corrected chi connectivity index (χ3v) is 5.85. The maximum atomic E-state index is 4.07. The van der Waals surface area contributed by atoms with Gasteiger partial charge in [0.1, 0.15) is 0 Å². The van der Waals surface area contributed by atoms with E-state index in [-0.39, 0.29) is 0 Å². The van der Waals surface area contributed by atoms with Crippen LogP contribution in [0.4, 0.5) is 0 Å². The minimum atomic E-state index is 1.22. The predicted octanol–water partition coefficient (Wildman–Crippen LogP) is 5.60. The Morgan fingerprint density at radius 1 is 0.455 bits per heavy atom. The van der Waals surface area contributed by atoms with Crippen LogP contribution < -0.4 is 0 Å². The standard InChI is InChI=1S/C18H12N2S2/c1-3-17(21-15(1)13-5-9-19-10-6-13)18-4-2-16(22-18)14-7-11-20-12-8-14/h1-12H. The average molecular weight is 320 g/mol. The van der Waals surface area contributed by atoms with E-state index in [4.69, 9.17) is 0 Å². The Labute approximate surface area is 136 Å². The number of hydrogen-bond acceptors (Lipinski definition) is 4. The molecule has 0 amide bonds. The van der Waals surface area contributed by atoms with Crippen molar-refractivity contribution in [3.8, 4) is 30.6 Å². The van der Waals surface area contributed by atoms with Gasteiger partial charge in [-0.1, -0.05) is 0 Å². The lowest BCUT2D eigenvalue weighted by Gasteiger charge is -1.95. The molecule has 0 aliphatic rings. The second kappa shape index (κ2) is 5.83. The summed E-state index contributed by atoms with van der Waals surface area (Å²) in [5, 5.41) is 0. The van der Waals surface area contributed by atoms with Crippen LogP contribution in [0.25, 0.3) is 30.6 Å². The molecule has 0 aromatic carbocycles. The quantitative estimate of drug-likeness (QED) is 0.491. The molecule has 4 aromatic heterocycles. The van der Waals surface area contributed by atoms with Crippen molar-refractivity contribution < 1.29 is 0 Å². The summed E-state index contributed by atoms with van der Waals surface area (Å²) in [5.74, 6) is 0. The van der Waals surface area contributed by atoms with Gasteiger partial charge in [0.2, 0.25) is 0 Å². The molecular formula is C18H12N2S2. The van der Waals surface area contributed by atoms with E-state index in [2.05, 4.69) is 34.2 Å². The number of nitrogens with zero attached hydrogens (tertiary/aromatic N) is 2. The van der Waals surface area contributed by atoms with Crippen LogP contribution in [0.1, 0.15) is 0 Å². The summed E-state index contributed by atoms with van der Waals surface area (Å²) in [6.07, 6.45) is 7.34. The van der Waals surface area contributed by atoms with Crippen molar-refractivity contribution in [1.82, 2.24) is 9.97 Å². The Hall–Kier alpha value is -2.30. The Morgan fingerprint density at radius 3 is 1.23 bits per heavy atom. The van der Waals surface area contributed by atoms with Gasteiger partial charge in [0.25, 0.3) is 0 Å². The molecule has 0 fully saturated rings. The molecule has 0 aliphatic carbocycles. The molecule has 0 unspecified atom stereocenters. The van der Waals surface area contributed by atoms with Gasteiger partial charge in [0, 0.05) is 44.3 Å². The maximum absolute atomic E-state index is 4.07. The summed E-state index contributed by atoms with van der Waals surface area (Å²) >= 11 is 3.64. The van der Waals surface area contributed by atoms with Crippen molar-refractivity contribution in [3.05, 3.63) is 73.3 Å². The molecule has 4 aromatic rings. The van der Waals surface area contributed by atoms with Crippen LogP contribution in [0.2, 0.25) is 0 Å². The van der Waals surface area contributed by atoms with Gasteiger partial charge in [0.05, 0.1) is 0 Å². The molecule has 22 heavy (non-hydrogen) atoms. The van der Waals surface area contributed by atoms with Crippen molar-refractivity contribution in [3.63, 3.8) is 0 Å². The molecule has 4 heteroatoms. The minimum Gasteiger partial charge on any atom is -0.265 e. The van der Waals surface area contributed by atoms with Gasteiger partial charge in [-0.15, -0.1) is 22.7 Å². The Balaban J connectivity index is 1.66. The second-order valence-electron chi connectivity index (χ2n) is 4.80. The fraction of sp³-hybridized carbons (Fsp3) is 0. The van der Waals surface area contributed by atoms with Crippen LogP contribution in [0.15, 0.2) is 73.3 Å². The monoisotopic (exact) mass is 320 g/mol. The first-order chi connectivity index (χ1) is 10.9. The van der Waals surface area contributed by atoms with Crippen LogP contribution in [0.3, 0.4) is 0 Å². The average Bonchev–Trinajstić information content (AvgIpc) is 3.26. The zero-order valence-electron chi connectivity index (χ0n) is 11.6. The summed E-state index contributed by atoms with van der Waals surface area (Å²) in [4.78, 5) is 13.3. The zero-order chi connectivity index (χ0) is 14.8. The molecule has 106 valence electrons. The molecule has 4 heterocycles. The minimum absolute atomic E-state index is 1.22. The zero-order valence-corrected chi connectivity index (χ0v) is 13.3. The Morgan fingerprint density at radius 2 is 0.818 bits per heavy atom. The van der Waals surface area contributed by atoms with Gasteiger partial charge >= 0.3 is 0 Å². The van der Waals surface area contributed by atoms with Crippen LogP contribution in [-0.2, 0) is 0 Å². The second-order valence-corrected chi connectivity index (χ2v) is 6.97. The number of thiophene rings is 2. The fourth-order valence-electron chi connectivity index (χ4n) is 2.28. The highest BCUT2D eigenvalue weighted by Gasteiger charge is 2.08. The van der Waals surface area contributed by atoms with Crippen molar-refractivity contribution in [2.45, 2.75) is 0 Å². The summed E-state index contributed by atoms with van der Waals surface area (Å²) in [6, 6.07) is 16.9. The van der Waals surface area contributed by atoms with Gasteiger partial charge in [-0.3, -0.25) is 9.97 Å². The summed E-state index contributed by atoms with van der Waals surface area (Å²) in [7, 11) is 0. The van der Waals surface area contributed by atoms with Crippen LogP contribution in [0.5, 0.6) is 0 Å². The molecule has 0 radical (unpaired) electrons. The number of hydrogen-bond donors (Lipinski definition) is 0. The lowest BCUT2D eigenvalue weighted by atomic mass is 10.2. The molecule has 4 rings (SSSR count). The first kappa shape index (κ1) is 13.4. The van der Waals surface area contributed by atoms with Crippen molar-refractivity contribution in [2.75, 3.05) is 0 Å². The SMILES string of the molecule is c1cc(-c2ccc(-c3ccc(-c4ccncc4)s3)s2)ccn1. The summed E-state index contributed by atoms with van der Waals surface area (Å²) in [6.45, 7) is 0. The van der Waals surface area contributed by atoms with E-state index in [9.17, 15) is 0 Å². The van der Waals surface area contributed by atoms with Gasteiger partial charge in [-0.05, 0) is 59.7 Å². The topological polar surface area (TPSA) is 25.8 Å². The highest BCUT2D eigenvalue weighted by atomic mass is 32.1. The van der Waals surface area contributed by atoms with E-state index in [1.807, 2.05) is 71.7 Å². The van der Waals surface area contributed by atoms with Crippen LogP contribution in [0, 0.1) is 0 Å². The first-order valence-corrected chi connectivity index (χ1v) is 8.54. The van der Waals surface area contributed by atoms with Gasteiger partial charge in [-0.25, -0.2) is 0 Å². The molecule has 2 nitrogen and oxygen atoms in total. The summed E-state index contributed by atoms with van der Waals surface area (Å²) < 4.78 is 0. The number of pyridine rings is 2. The van der Waals surface area contributed by atoms with E-state index >= 15 is 0 Å². The Bertz CT molecular complexity index is 804. The van der Waals surface area contributed by atoms with Crippen LogP contribution in [-0.4, -0.2) is 9.97 Å². The molecule has 0 bridgehead atoms. The third-order valence-electron chi connectivity index (χ3n) is 3.38. The van der Waals surface area contributed by atoms with E-state index < -0.39 is 0 Å². The van der Waals surface area contributed by atoms with Crippen molar-refractivity contribution in [1.29, 1.82) is 0 Å². The maximum Gasteiger partial charge on any atom is 0.0449 e. The molecule has 0 spiro atoms. The highest BCUT2D eigenvalue weighted by molar-refractivity contribution is 7.25. The molecule has 0 N–H and O–H groups in total. The number of aromatic nitrogens is 2. The normalized spacial score (nSPS) is 10.7. The van der Waals surface area contributed by atoms with Crippen LogP contribution >= 0.6 is 22.7 Å². The highest BCUT2D eigenvalue weighted by Crippen LogP contribution is 2.39. The van der Waals surface area contributed by atoms with E-state index in [1.54, 1.807) is 0 Å². The third kappa shape index (κ3) is 2.58. The van der Waals surface area contributed by atoms with E-state index in [1.165, 1.54) is 30.6 Å². The van der Waals surface area contributed by atoms with E-state index in [0.717, 1.165) is 0 Å². The molecule has 0 saturated carbocycles.